The highest BCUT2D eigenvalue weighted by molar-refractivity contribution is 7.91. The summed E-state index contributed by atoms with van der Waals surface area (Å²) in [7, 11) is -1.70. The van der Waals surface area contributed by atoms with Gasteiger partial charge in [0.25, 0.3) is 0 Å². The fraction of sp³-hybridized carbons (Fsp3) is 0.500. The number of aromatic nitrogens is 2. The van der Waals surface area contributed by atoms with Gasteiger partial charge in [-0.25, -0.2) is 13.4 Å². The van der Waals surface area contributed by atoms with Gasteiger partial charge in [0.15, 0.2) is 9.84 Å². The number of anilines is 1. The molecule has 1 aromatic heterocycles. The van der Waals surface area contributed by atoms with Crippen LogP contribution in [0.3, 0.4) is 0 Å². The van der Waals surface area contributed by atoms with Gasteiger partial charge in [-0.05, 0) is 6.42 Å². The van der Waals surface area contributed by atoms with Gasteiger partial charge >= 0.3 is 0 Å². The second-order valence-electron chi connectivity index (χ2n) is 4.15. The first kappa shape index (κ1) is 14.0. The highest BCUT2D eigenvalue weighted by atomic mass is 35.5. The van der Waals surface area contributed by atoms with E-state index in [1.807, 2.05) is 0 Å². The first-order chi connectivity index (χ1) is 8.89. The van der Waals surface area contributed by atoms with E-state index < -0.39 is 21.7 Å². The van der Waals surface area contributed by atoms with E-state index in [-0.39, 0.29) is 28.5 Å². The molecule has 19 heavy (non-hydrogen) atoms. The van der Waals surface area contributed by atoms with Gasteiger partial charge in [-0.1, -0.05) is 11.6 Å². The van der Waals surface area contributed by atoms with Crippen LogP contribution in [0.15, 0.2) is 6.07 Å². The number of rotatable bonds is 3. The molecule has 104 valence electrons. The molecule has 0 spiro atoms. The molecule has 1 atom stereocenters. The van der Waals surface area contributed by atoms with Crippen LogP contribution in [-0.4, -0.2) is 42.9 Å². The Morgan fingerprint density at radius 3 is 2.84 bits per heavy atom. The Bertz CT molecular complexity index is 605. The van der Waals surface area contributed by atoms with Crippen molar-refractivity contribution in [1.82, 2.24) is 9.97 Å². The van der Waals surface area contributed by atoms with E-state index in [4.69, 9.17) is 16.3 Å². The van der Waals surface area contributed by atoms with Crippen molar-refractivity contribution in [1.29, 1.82) is 0 Å². The molecule has 9 heteroatoms. The summed E-state index contributed by atoms with van der Waals surface area (Å²) in [6.45, 7) is 0. The molecule has 1 fully saturated rings. The van der Waals surface area contributed by atoms with Crippen molar-refractivity contribution in [3.8, 4) is 5.88 Å². The van der Waals surface area contributed by atoms with Crippen LogP contribution in [0.5, 0.6) is 5.88 Å². The molecule has 0 radical (unpaired) electrons. The molecule has 1 aliphatic heterocycles. The van der Waals surface area contributed by atoms with Gasteiger partial charge in [0.05, 0.1) is 24.5 Å². The monoisotopic (exact) mass is 305 g/mol. The first-order valence-corrected chi connectivity index (χ1v) is 7.69. The molecule has 2 rings (SSSR count). The molecule has 1 unspecified atom stereocenters. The fourth-order valence-electron chi connectivity index (χ4n) is 1.77. The maximum absolute atomic E-state index is 11.9. The van der Waals surface area contributed by atoms with Gasteiger partial charge in [0.2, 0.25) is 17.7 Å². The number of hydrogen-bond donors (Lipinski definition) is 1. The highest BCUT2D eigenvalue weighted by Gasteiger charge is 2.33. The van der Waals surface area contributed by atoms with Crippen LogP contribution in [-0.2, 0) is 14.6 Å². The Hall–Kier alpha value is -1.41. The number of sulfone groups is 1. The number of carbonyl (C=O) groups is 1. The second kappa shape index (κ2) is 5.30. The van der Waals surface area contributed by atoms with Crippen molar-refractivity contribution in [3.05, 3.63) is 11.2 Å². The lowest BCUT2D eigenvalue weighted by Crippen LogP contribution is -2.24. The van der Waals surface area contributed by atoms with Gasteiger partial charge < -0.3 is 4.74 Å². The molecule has 0 saturated carbocycles. The van der Waals surface area contributed by atoms with Crippen molar-refractivity contribution >= 4 is 33.3 Å². The predicted octanol–water partition coefficient (Wildman–Crippen LogP) is 0.512. The number of nitrogens with zero attached hydrogens (tertiary/aromatic N) is 2. The number of ether oxygens (including phenoxy) is 1. The fourth-order valence-corrected chi connectivity index (χ4v) is 3.69. The van der Waals surface area contributed by atoms with Crippen LogP contribution in [0.2, 0.25) is 5.15 Å². The zero-order valence-corrected chi connectivity index (χ0v) is 11.7. The summed E-state index contributed by atoms with van der Waals surface area (Å²) >= 11 is 5.74. The molecule has 1 amide bonds. The molecule has 0 bridgehead atoms. The first-order valence-electron chi connectivity index (χ1n) is 5.49. The van der Waals surface area contributed by atoms with E-state index in [0.717, 1.165) is 0 Å². The average molecular weight is 306 g/mol. The lowest BCUT2D eigenvalue weighted by Gasteiger charge is -2.09. The van der Waals surface area contributed by atoms with Crippen molar-refractivity contribution in [2.75, 3.05) is 23.9 Å². The van der Waals surface area contributed by atoms with E-state index in [2.05, 4.69) is 15.3 Å². The van der Waals surface area contributed by atoms with Crippen molar-refractivity contribution in [3.63, 3.8) is 0 Å². The van der Waals surface area contributed by atoms with Gasteiger partial charge in [0.1, 0.15) is 5.15 Å². The summed E-state index contributed by atoms with van der Waals surface area (Å²) in [5.41, 5.74) is 0. The van der Waals surface area contributed by atoms with Gasteiger partial charge in [-0.2, -0.15) is 4.98 Å². The predicted molar refractivity (Wildman–Crippen MR) is 69.0 cm³/mol. The van der Waals surface area contributed by atoms with Crippen molar-refractivity contribution in [2.24, 2.45) is 5.92 Å². The van der Waals surface area contributed by atoms with Gasteiger partial charge in [0, 0.05) is 6.07 Å². The van der Waals surface area contributed by atoms with E-state index >= 15 is 0 Å². The van der Waals surface area contributed by atoms with Crippen molar-refractivity contribution in [2.45, 2.75) is 6.42 Å². The summed E-state index contributed by atoms with van der Waals surface area (Å²) in [6.07, 6.45) is 0.311. The smallest absolute Gasteiger partial charge is 0.234 e. The minimum absolute atomic E-state index is 0.00125. The average Bonchev–Trinajstić information content (AvgIpc) is 2.69. The minimum Gasteiger partial charge on any atom is -0.481 e. The number of amides is 1. The number of methoxy groups -OCH3 is 1. The van der Waals surface area contributed by atoms with Crippen LogP contribution in [0, 0.1) is 5.92 Å². The zero-order valence-electron chi connectivity index (χ0n) is 10.1. The van der Waals surface area contributed by atoms with E-state index in [0.29, 0.717) is 6.42 Å². The maximum atomic E-state index is 11.9. The van der Waals surface area contributed by atoms with Crippen LogP contribution in [0.25, 0.3) is 0 Å². The molecular weight excluding hydrogens is 294 g/mol. The number of nitrogens with one attached hydrogen (secondary N) is 1. The summed E-state index contributed by atoms with van der Waals surface area (Å²) < 4.78 is 27.5. The normalized spacial score (nSPS) is 21.1. The quantitative estimate of drug-likeness (QED) is 0.817. The standard InChI is InChI=1S/C10H12ClN3O4S/c1-18-8-4-7(11)12-10(13-8)14-9(15)6-2-3-19(16,17)5-6/h4,6H,2-3,5H2,1H3,(H,12,13,14,15). The molecule has 1 aromatic rings. The number of carbonyl (C=O) groups excluding carboxylic acids is 1. The number of halogens is 1. The molecule has 0 aromatic carbocycles. The van der Waals surface area contributed by atoms with E-state index in [1.54, 1.807) is 0 Å². The molecule has 1 saturated heterocycles. The summed E-state index contributed by atoms with van der Waals surface area (Å²) in [4.78, 5) is 19.6. The van der Waals surface area contributed by atoms with E-state index in [9.17, 15) is 13.2 Å². The third-order valence-electron chi connectivity index (χ3n) is 2.72. The van der Waals surface area contributed by atoms with E-state index in [1.165, 1.54) is 13.2 Å². The molecular formula is C10H12ClN3O4S. The zero-order chi connectivity index (χ0) is 14.0. The molecule has 2 heterocycles. The van der Waals surface area contributed by atoms with Gasteiger partial charge in [-0.15, -0.1) is 0 Å². The van der Waals surface area contributed by atoms with Gasteiger partial charge in [-0.3, -0.25) is 10.1 Å². The van der Waals surface area contributed by atoms with Crippen molar-refractivity contribution < 1.29 is 17.9 Å². The Morgan fingerprint density at radius 1 is 1.53 bits per heavy atom. The summed E-state index contributed by atoms with van der Waals surface area (Å²) in [6, 6.07) is 1.40. The lowest BCUT2D eigenvalue weighted by molar-refractivity contribution is -0.119. The summed E-state index contributed by atoms with van der Waals surface area (Å²) in [5.74, 6) is -0.890. The molecule has 1 N–H and O–H groups in total. The number of hydrogen-bond acceptors (Lipinski definition) is 6. The summed E-state index contributed by atoms with van der Waals surface area (Å²) in [5, 5.41) is 2.57. The minimum atomic E-state index is -3.11. The topological polar surface area (TPSA) is 98.2 Å². The molecule has 7 nitrogen and oxygen atoms in total. The largest absolute Gasteiger partial charge is 0.481 e. The maximum Gasteiger partial charge on any atom is 0.234 e. The highest BCUT2D eigenvalue weighted by Crippen LogP contribution is 2.21. The lowest BCUT2D eigenvalue weighted by atomic mass is 10.1. The Morgan fingerprint density at radius 2 is 2.26 bits per heavy atom. The molecule has 0 aliphatic carbocycles. The second-order valence-corrected chi connectivity index (χ2v) is 6.76. The van der Waals surface area contributed by atoms with Crippen LogP contribution in [0.1, 0.15) is 6.42 Å². The molecule has 1 aliphatic rings. The van der Waals surface area contributed by atoms with Crippen LogP contribution in [0.4, 0.5) is 5.95 Å². The third-order valence-corrected chi connectivity index (χ3v) is 4.68. The van der Waals surface area contributed by atoms with Crippen LogP contribution >= 0.6 is 11.6 Å². The van der Waals surface area contributed by atoms with Crippen LogP contribution < -0.4 is 10.1 Å². The Kier molecular flexibility index (Phi) is 3.91. The Labute approximate surface area is 115 Å². The third kappa shape index (κ3) is 3.54. The SMILES string of the molecule is COc1cc(Cl)nc(NC(=O)C2CCS(=O)(=O)C2)n1. The Balaban J connectivity index is 2.09.